The van der Waals surface area contributed by atoms with Crippen LogP contribution in [0.2, 0.25) is 0 Å². The Morgan fingerprint density at radius 2 is 2.17 bits per heavy atom. The Hall–Kier alpha value is -2.22. The first-order chi connectivity index (χ1) is 8.36. The van der Waals surface area contributed by atoms with Gasteiger partial charge in [0.05, 0.1) is 17.6 Å². The predicted octanol–water partition coefficient (Wildman–Crippen LogP) is 1.35. The lowest BCUT2D eigenvalue weighted by molar-refractivity contribution is -0.385. The van der Waals surface area contributed by atoms with E-state index >= 15 is 0 Å². The number of hydrogen-bond donors (Lipinski definition) is 2. The molecule has 0 saturated carbocycles. The number of methoxy groups -OCH3 is 1. The number of thiocarbonyl (C=S) groups is 1. The van der Waals surface area contributed by atoms with Crippen molar-refractivity contribution >= 4 is 34.7 Å². The van der Waals surface area contributed by atoms with Crippen LogP contribution < -0.4 is 11.1 Å². The van der Waals surface area contributed by atoms with Crippen LogP contribution in [0, 0.1) is 17.0 Å². The van der Waals surface area contributed by atoms with E-state index in [2.05, 4.69) is 22.3 Å². The fraction of sp³-hybridized carbons (Fsp3) is 0.200. The van der Waals surface area contributed by atoms with Crippen LogP contribution in [-0.2, 0) is 4.74 Å². The number of nitrogens with zero attached hydrogens (tertiary/aromatic N) is 1. The van der Waals surface area contributed by atoms with Gasteiger partial charge in [-0.3, -0.25) is 10.1 Å². The van der Waals surface area contributed by atoms with Crippen molar-refractivity contribution in [3.63, 3.8) is 0 Å². The number of nitrogens with two attached hydrogens (primary N) is 1. The third kappa shape index (κ3) is 2.92. The van der Waals surface area contributed by atoms with E-state index in [1.807, 2.05) is 0 Å². The SMILES string of the molecule is COC(=O)c1cc(NC(N)=S)cc([N+](=O)[O-])c1C. The summed E-state index contributed by atoms with van der Waals surface area (Å²) in [6, 6.07) is 2.65. The molecule has 0 saturated heterocycles. The molecule has 0 atom stereocenters. The van der Waals surface area contributed by atoms with Gasteiger partial charge in [0, 0.05) is 17.3 Å². The molecule has 96 valence electrons. The zero-order chi connectivity index (χ0) is 13.9. The van der Waals surface area contributed by atoms with Gasteiger partial charge >= 0.3 is 5.97 Å². The molecule has 18 heavy (non-hydrogen) atoms. The Morgan fingerprint density at radius 1 is 1.56 bits per heavy atom. The first-order valence-electron chi connectivity index (χ1n) is 4.80. The molecule has 0 radical (unpaired) electrons. The third-order valence-corrected chi connectivity index (χ3v) is 2.35. The summed E-state index contributed by atoms with van der Waals surface area (Å²) >= 11 is 4.64. The van der Waals surface area contributed by atoms with Gasteiger partial charge in [0.25, 0.3) is 5.69 Å². The molecule has 1 rings (SSSR count). The van der Waals surface area contributed by atoms with Crippen LogP contribution in [0.5, 0.6) is 0 Å². The minimum atomic E-state index is -0.665. The Labute approximate surface area is 108 Å². The maximum atomic E-state index is 11.5. The molecular formula is C10H11N3O4S. The average Bonchev–Trinajstić information content (AvgIpc) is 2.29. The third-order valence-electron chi connectivity index (χ3n) is 2.25. The van der Waals surface area contributed by atoms with E-state index in [9.17, 15) is 14.9 Å². The van der Waals surface area contributed by atoms with Crippen LogP contribution in [0.4, 0.5) is 11.4 Å². The zero-order valence-electron chi connectivity index (χ0n) is 9.72. The molecule has 0 aliphatic rings. The molecule has 0 heterocycles. The van der Waals surface area contributed by atoms with E-state index in [1.54, 1.807) is 0 Å². The molecule has 0 spiro atoms. The predicted molar refractivity (Wildman–Crippen MR) is 69.6 cm³/mol. The number of esters is 1. The minimum Gasteiger partial charge on any atom is -0.465 e. The quantitative estimate of drug-likeness (QED) is 0.369. The maximum absolute atomic E-state index is 11.5. The number of anilines is 1. The van der Waals surface area contributed by atoms with Crippen molar-refractivity contribution in [1.29, 1.82) is 0 Å². The monoisotopic (exact) mass is 269 g/mol. The van der Waals surface area contributed by atoms with Gasteiger partial charge in [-0.1, -0.05) is 0 Å². The summed E-state index contributed by atoms with van der Waals surface area (Å²) in [4.78, 5) is 21.8. The molecule has 1 aromatic carbocycles. The van der Waals surface area contributed by atoms with Gasteiger partial charge in [0.2, 0.25) is 0 Å². The second kappa shape index (κ2) is 5.41. The minimum absolute atomic E-state index is 0.0519. The molecule has 0 aromatic heterocycles. The van der Waals surface area contributed by atoms with Gasteiger partial charge in [-0.15, -0.1) is 0 Å². The molecule has 0 unspecified atom stereocenters. The van der Waals surface area contributed by atoms with Crippen molar-refractivity contribution in [2.75, 3.05) is 12.4 Å². The highest BCUT2D eigenvalue weighted by molar-refractivity contribution is 7.80. The molecule has 8 heteroatoms. The van der Waals surface area contributed by atoms with Crippen LogP contribution in [0.3, 0.4) is 0 Å². The second-order valence-corrected chi connectivity index (χ2v) is 3.85. The van der Waals surface area contributed by atoms with Crippen LogP contribution in [0.1, 0.15) is 15.9 Å². The number of nitro benzene ring substituents is 1. The molecule has 0 fully saturated rings. The molecule has 0 aliphatic carbocycles. The van der Waals surface area contributed by atoms with Crippen molar-refractivity contribution in [2.45, 2.75) is 6.92 Å². The standard InChI is InChI=1S/C10H11N3O4S/c1-5-7(9(14)17-2)3-6(12-10(11)18)4-8(5)13(15)16/h3-4H,1-2H3,(H3,11,12,18). The summed E-state index contributed by atoms with van der Waals surface area (Å²) in [6.45, 7) is 1.47. The number of nitro groups is 1. The summed E-state index contributed by atoms with van der Waals surface area (Å²) in [5, 5.41) is 13.4. The normalized spacial score (nSPS) is 9.67. The topological polar surface area (TPSA) is 107 Å². The van der Waals surface area contributed by atoms with Crippen molar-refractivity contribution in [2.24, 2.45) is 5.73 Å². The number of benzene rings is 1. The van der Waals surface area contributed by atoms with Crippen molar-refractivity contribution in [3.8, 4) is 0 Å². The first-order valence-corrected chi connectivity index (χ1v) is 5.21. The second-order valence-electron chi connectivity index (χ2n) is 3.41. The molecule has 1 aromatic rings. The Balaban J connectivity index is 3.41. The van der Waals surface area contributed by atoms with Crippen LogP contribution in [0.15, 0.2) is 12.1 Å². The van der Waals surface area contributed by atoms with E-state index in [1.165, 1.54) is 26.2 Å². The van der Waals surface area contributed by atoms with Crippen LogP contribution in [0.25, 0.3) is 0 Å². The van der Waals surface area contributed by atoms with Gasteiger partial charge in [-0.2, -0.15) is 0 Å². The first kappa shape index (κ1) is 13.8. The van der Waals surface area contributed by atoms with E-state index in [0.29, 0.717) is 0 Å². The Morgan fingerprint density at radius 3 is 2.61 bits per heavy atom. The Kier molecular flexibility index (Phi) is 4.16. The lowest BCUT2D eigenvalue weighted by Crippen LogP contribution is -2.19. The van der Waals surface area contributed by atoms with Crippen molar-refractivity contribution in [3.05, 3.63) is 33.4 Å². The number of ether oxygens (including phenoxy) is 1. The number of carbonyl (C=O) groups is 1. The summed E-state index contributed by atoms with van der Waals surface area (Å²) < 4.78 is 4.56. The van der Waals surface area contributed by atoms with Crippen molar-refractivity contribution in [1.82, 2.24) is 0 Å². The average molecular weight is 269 g/mol. The number of hydrogen-bond acceptors (Lipinski definition) is 5. The maximum Gasteiger partial charge on any atom is 0.338 e. The summed E-state index contributed by atoms with van der Waals surface area (Å²) in [6.07, 6.45) is 0. The highest BCUT2D eigenvalue weighted by Crippen LogP contribution is 2.27. The van der Waals surface area contributed by atoms with Gasteiger partial charge in [-0.25, -0.2) is 4.79 Å². The zero-order valence-corrected chi connectivity index (χ0v) is 10.5. The van der Waals surface area contributed by atoms with Gasteiger partial charge in [-0.05, 0) is 25.2 Å². The summed E-state index contributed by atoms with van der Waals surface area (Å²) in [5.41, 5.74) is 5.65. The summed E-state index contributed by atoms with van der Waals surface area (Å²) in [5.74, 6) is -0.665. The fourth-order valence-electron chi connectivity index (χ4n) is 1.42. The molecule has 3 N–H and O–H groups in total. The fourth-order valence-corrected chi connectivity index (χ4v) is 1.54. The number of rotatable bonds is 3. The molecule has 7 nitrogen and oxygen atoms in total. The largest absolute Gasteiger partial charge is 0.465 e. The van der Waals surface area contributed by atoms with Crippen LogP contribution in [-0.4, -0.2) is 23.1 Å². The van der Waals surface area contributed by atoms with Gasteiger partial charge in [0.15, 0.2) is 5.11 Å². The molecule has 0 amide bonds. The number of nitrogens with one attached hydrogen (secondary N) is 1. The lowest BCUT2D eigenvalue weighted by Gasteiger charge is -2.09. The van der Waals surface area contributed by atoms with Crippen molar-refractivity contribution < 1.29 is 14.5 Å². The number of carbonyl (C=O) groups excluding carboxylic acids is 1. The Bertz CT molecular complexity index is 530. The van der Waals surface area contributed by atoms with Crippen LogP contribution >= 0.6 is 12.2 Å². The smallest absolute Gasteiger partial charge is 0.338 e. The molecular weight excluding hydrogens is 258 g/mol. The van der Waals surface area contributed by atoms with E-state index < -0.39 is 10.9 Å². The van der Waals surface area contributed by atoms with E-state index in [0.717, 1.165) is 0 Å². The highest BCUT2D eigenvalue weighted by atomic mass is 32.1. The lowest BCUT2D eigenvalue weighted by atomic mass is 10.1. The van der Waals surface area contributed by atoms with E-state index in [-0.39, 0.29) is 27.6 Å². The van der Waals surface area contributed by atoms with Gasteiger partial charge < -0.3 is 15.8 Å². The van der Waals surface area contributed by atoms with Gasteiger partial charge in [0.1, 0.15) is 0 Å². The molecule has 0 aliphatic heterocycles. The molecule has 0 bridgehead atoms. The van der Waals surface area contributed by atoms with E-state index in [4.69, 9.17) is 5.73 Å². The summed E-state index contributed by atoms with van der Waals surface area (Å²) in [7, 11) is 1.20. The highest BCUT2D eigenvalue weighted by Gasteiger charge is 2.20.